The first-order valence-corrected chi connectivity index (χ1v) is 8.02. The van der Waals surface area contributed by atoms with E-state index in [0.29, 0.717) is 23.2 Å². The zero-order valence-corrected chi connectivity index (χ0v) is 14.3. The third-order valence-corrected chi connectivity index (χ3v) is 4.27. The molecular weight excluding hydrogens is 332 g/mol. The van der Waals surface area contributed by atoms with Crippen molar-refractivity contribution < 1.29 is 14.1 Å². The molecule has 1 fully saturated rings. The number of ether oxygens (including phenoxy) is 1. The molecule has 1 saturated heterocycles. The van der Waals surface area contributed by atoms with Crippen LogP contribution in [0.25, 0.3) is 11.4 Å². The molecule has 2 atom stereocenters. The second kappa shape index (κ2) is 7.29. The van der Waals surface area contributed by atoms with Gasteiger partial charge in [0.2, 0.25) is 17.6 Å². The van der Waals surface area contributed by atoms with E-state index in [0.717, 1.165) is 12.1 Å². The summed E-state index contributed by atoms with van der Waals surface area (Å²) in [6.07, 6.45) is 0.716. The number of hydrogen-bond donors (Lipinski definition) is 1. The van der Waals surface area contributed by atoms with Gasteiger partial charge in [0.25, 0.3) is 0 Å². The lowest BCUT2D eigenvalue weighted by molar-refractivity contribution is -0.125. The van der Waals surface area contributed by atoms with E-state index in [1.54, 1.807) is 12.1 Å². The number of rotatable bonds is 5. The number of nitrogens with one attached hydrogen (secondary N) is 1. The first-order chi connectivity index (χ1) is 11.6. The minimum Gasteiger partial charge on any atom is -0.375 e. The smallest absolute Gasteiger partial charge is 0.246 e. The van der Waals surface area contributed by atoms with Gasteiger partial charge in [0.05, 0.1) is 6.04 Å². The second-order valence-corrected chi connectivity index (χ2v) is 6.29. The fraction of sp³-hybridized carbons (Fsp3) is 0.438. The highest BCUT2D eigenvalue weighted by Gasteiger charge is 2.35. The van der Waals surface area contributed by atoms with Crippen molar-refractivity contribution in [3.05, 3.63) is 35.2 Å². The zero-order chi connectivity index (χ0) is 17.1. The second-order valence-electron chi connectivity index (χ2n) is 5.85. The van der Waals surface area contributed by atoms with Crippen LogP contribution >= 0.6 is 11.6 Å². The van der Waals surface area contributed by atoms with Crippen molar-refractivity contribution in [1.29, 1.82) is 0 Å². The van der Waals surface area contributed by atoms with Crippen LogP contribution in [0.1, 0.15) is 18.4 Å². The highest BCUT2D eigenvalue weighted by Crippen LogP contribution is 2.31. The highest BCUT2D eigenvalue weighted by atomic mass is 35.5. The maximum atomic E-state index is 11.6. The van der Waals surface area contributed by atoms with Crippen molar-refractivity contribution in [2.24, 2.45) is 0 Å². The lowest BCUT2D eigenvalue weighted by atomic mass is 10.1. The Morgan fingerprint density at radius 2 is 2.21 bits per heavy atom. The Morgan fingerprint density at radius 3 is 2.92 bits per heavy atom. The van der Waals surface area contributed by atoms with Gasteiger partial charge >= 0.3 is 0 Å². The summed E-state index contributed by atoms with van der Waals surface area (Å²) >= 11 is 5.89. The van der Waals surface area contributed by atoms with E-state index in [-0.39, 0.29) is 24.6 Å². The van der Waals surface area contributed by atoms with Crippen LogP contribution < -0.4 is 5.32 Å². The Morgan fingerprint density at radius 1 is 1.46 bits per heavy atom. The first kappa shape index (κ1) is 16.9. The van der Waals surface area contributed by atoms with Crippen molar-refractivity contribution >= 4 is 17.5 Å². The summed E-state index contributed by atoms with van der Waals surface area (Å²) in [5.74, 6) is 0.955. The van der Waals surface area contributed by atoms with Crippen molar-refractivity contribution in [3.63, 3.8) is 0 Å². The predicted octanol–water partition coefficient (Wildman–Crippen LogP) is 1.90. The SMILES string of the molecule is COCC(=O)N[C@H]1C[C@@H](c2nc(-c3ccc(Cl)cc3)no2)N(C)C1. The van der Waals surface area contributed by atoms with Gasteiger partial charge in [0, 0.05) is 30.3 Å². The van der Waals surface area contributed by atoms with E-state index in [1.165, 1.54) is 7.11 Å². The molecule has 2 heterocycles. The Kier molecular flexibility index (Phi) is 5.13. The van der Waals surface area contributed by atoms with Gasteiger partial charge in [-0.05, 0) is 37.7 Å². The lowest BCUT2D eigenvalue weighted by Gasteiger charge is -2.14. The van der Waals surface area contributed by atoms with Crippen LogP contribution in [-0.2, 0) is 9.53 Å². The molecule has 8 heteroatoms. The van der Waals surface area contributed by atoms with Crippen molar-refractivity contribution in [3.8, 4) is 11.4 Å². The van der Waals surface area contributed by atoms with Crippen LogP contribution in [0.15, 0.2) is 28.8 Å². The van der Waals surface area contributed by atoms with Gasteiger partial charge < -0.3 is 14.6 Å². The van der Waals surface area contributed by atoms with E-state index in [4.69, 9.17) is 20.9 Å². The Labute approximate surface area is 144 Å². The Balaban J connectivity index is 1.68. The van der Waals surface area contributed by atoms with Gasteiger partial charge in [-0.1, -0.05) is 16.8 Å². The van der Waals surface area contributed by atoms with Gasteiger partial charge in [-0.15, -0.1) is 0 Å². The monoisotopic (exact) mass is 350 g/mol. The molecule has 3 rings (SSSR count). The molecule has 0 aliphatic carbocycles. The molecule has 0 bridgehead atoms. The molecule has 0 radical (unpaired) electrons. The van der Waals surface area contributed by atoms with Crippen LogP contribution in [0.5, 0.6) is 0 Å². The molecular formula is C16H19ClN4O3. The maximum absolute atomic E-state index is 11.6. The number of halogens is 1. The van der Waals surface area contributed by atoms with Crippen LogP contribution in [0.4, 0.5) is 0 Å². The zero-order valence-electron chi connectivity index (χ0n) is 13.5. The fourth-order valence-corrected chi connectivity index (χ4v) is 3.01. The van der Waals surface area contributed by atoms with E-state index in [2.05, 4.69) is 20.4 Å². The largest absolute Gasteiger partial charge is 0.375 e. The minimum atomic E-state index is -0.121. The summed E-state index contributed by atoms with van der Waals surface area (Å²) in [5, 5.41) is 7.65. The molecule has 0 saturated carbocycles. The van der Waals surface area contributed by atoms with E-state index in [1.807, 2.05) is 19.2 Å². The fourth-order valence-electron chi connectivity index (χ4n) is 2.88. The summed E-state index contributed by atoms with van der Waals surface area (Å²) in [4.78, 5) is 18.2. The molecule has 0 unspecified atom stereocenters. The molecule has 7 nitrogen and oxygen atoms in total. The van der Waals surface area contributed by atoms with Crippen molar-refractivity contribution in [2.45, 2.75) is 18.5 Å². The molecule has 0 spiro atoms. The van der Waals surface area contributed by atoms with Gasteiger partial charge in [0.1, 0.15) is 6.61 Å². The summed E-state index contributed by atoms with van der Waals surface area (Å²) < 4.78 is 10.3. The van der Waals surface area contributed by atoms with Gasteiger partial charge in [-0.3, -0.25) is 9.69 Å². The minimum absolute atomic E-state index is 0.0219. The Bertz CT molecular complexity index is 704. The number of likely N-dealkylation sites (tertiary alicyclic amines) is 1. The topological polar surface area (TPSA) is 80.5 Å². The molecule has 1 aliphatic rings. The number of nitrogens with zero attached hydrogens (tertiary/aromatic N) is 3. The standard InChI is InChI=1S/C16H19ClN4O3/c1-21-8-12(18-14(22)9-23-2)7-13(21)16-19-15(20-24-16)10-3-5-11(17)6-4-10/h3-6,12-13H,7-9H2,1-2H3,(H,18,22)/t12-,13-/m0/s1. The van der Waals surface area contributed by atoms with E-state index in [9.17, 15) is 4.79 Å². The number of benzene rings is 1. The number of likely N-dealkylation sites (N-methyl/N-ethyl adjacent to an activating group) is 1. The van der Waals surface area contributed by atoms with E-state index < -0.39 is 0 Å². The molecule has 1 aromatic heterocycles. The number of hydrogen-bond acceptors (Lipinski definition) is 6. The molecule has 1 aromatic carbocycles. The maximum Gasteiger partial charge on any atom is 0.246 e. The number of carbonyl (C=O) groups is 1. The Hall–Kier alpha value is -1.96. The molecule has 1 amide bonds. The quantitative estimate of drug-likeness (QED) is 0.887. The summed E-state index contributed by atoms with van der Waals surface area (Å²) in [7, 11) is 3.47. The number of methoxy groups -OCH3 is 1. The summed E-state index contributed by atoms with van der Waals surface area (Å²) in [6, 6.07) is 7.29. The predicted molar refractivity (Wildman–Crippen MR) is 88.5 cm³/mol. The molecule has 24 heavy (non-hydrogen) atoms. The van der Waals surface area contributed by atoms with Crippen LogP contribution in [0, 0.1) is 0 Å². The normalized spacial score (nSPS) is 21.1. The molecule has 2 aromatic rings. The van der Waals surface area contributed by atoms with Crippen LogP contribution in [0.3, 0.4) is 0 Å². The van der Waals surface area contributed by atoms with Gasteiger partial charge in [-0.2, -0.15) is 4.98 Å². The van der Waals surface area contributed by atoms with Crippen LogP contribution in [0.2, 0.25) is 5.02 Å². The van der Waals surface area contributed by atoms with Gasteiger partial charge in [-0.25, -0.2) is 0 Å². The summed E-state index contributed by atoms with van der Waals surface area (Å²) in [6.45, 7) is 0.783. The van der Waals surface area contributed by atoms with Crippen molar-refractivity contribution in [1.82, 2.24) is 20.4 Å². The summed E-state index contributed by atoms with van der Waals surface area (Å²) in [5.41, 5.74) is 0.847. The lowest BCUT2D eigenvalue weighted by Crippen LogP contribution is -2.38. The first-order valence-electron chi connectivity index (χ1n) is 7.65. The number of amides is 1. The molecule has 1 aliphatic heterocycles. The van der Waals surface area contributed by atoms with Crippen molar-refractivity contribution in [2.75, 3.05) is 27.3 Å². The third kappa shape index (κ3) is 3.75. The number of carbonyl (C=O) groups excluding carboxylic acids is 1. The highest BCUT2D eigenvalue weighted by molar-refractivity contribution is 6.30. The molecule has 1 N–H and O–H groups in total. The van der Waals surface area contributed by atoms with Gasteiger partial charge in [0.15, 0.2) is 0 Å². The van der Waals surface area contributed by atoms with E-state index >= 15 is 0 Å². The molecule has 128 valence electrons. The average Bonchev–Trinajstić information content (AvgIpc) is 3.15. The van der Waals surface area contributed by atoms with Crippen LogP contribution in [-0.4, -0.2) is 54.3 Å². The average molecular weight is 351 g/mol. The number of aromatic nitrogens is 2. The third-order valence-electron chi connectivity index (χ3n) is 4.02.